The Hall–Kier alpha value is -2.23. The minimum absolute atomic E-state index is 0.0988. The minimum Gasteiger partial charge on any atom is -0.336 e. The Morgan fingerprint density at radius 2 is 1.41 bits per heavy atom. The standard InChI is InChI=1S/C23H31FN4O3S/c1-18-17-22(19(2)28(18)21-9-7-20(24)8-10-21)23(29)25-13-15-27(16-14-25)32(30,31)26-11-5-3-4-6-12-26/h7-10,17H,3-6,11-16H2,1-2H3. The fraction of sp³-hybridized carbons (Fsp3) is 0.522. The van der Waals surface area contributed by atoms with E-state index in [0.29, 0.717) is 44.8 Å². The average molecular weight is 463 g/mol. The van der Waals surface area contributed by atoms with E-state index < -0.39 is 10.2 Å². The normalized spacial score (nSPS) is 19.2. The van der Waals surface area contributed by atoms with E-state index in [4.69, 9.17) is 0 Å². The van der Waals surface area contributed by atoms with Gasteiger partial charge in [0.1, 0.15) is 5.82 Å². The van der Waals surface area contributed by atoms with Gasteiger partial charge in [-0.3, -0.25) is 4.79 Å². The maximum absolute atomic E-state index is 13.3. The van der Waals surface area contributed by atoms with E-state index in [9.17, 15) is 17.6 Å². The second-order valence-electron chi connectivity index (χ2n) is 8.61. The molecule has 0 radical (unpaired) electrons. The molecule has 2 aliphatic rings. The molecule has 2 fully saturated rings. The van der Waals surface area contributed by atoms with Gasteiger partial charge in [-0.2, -0.15) is 17.0 Å². The molecule has 0 spiro atoms. The van der Waals surface area contributed by atoms with Crippen molar-refractivity contribution in [1.29, 1.82) is 0 Å². The van der Waals surface area contributed by atoms with Crippen LogP contribution in [0.4, 0.5) is 4.39 Å². The van der Waals surface area contributed by atoms with Gasteiger partial charge in [0.25, 0.3) is 16.1 Å². The van der Waals surface area contributed by atoms with Gasteiger partial charge in [0.05, 0.1) is 5.56 Å². The molecule has 2 aromatic rings. The number of nitrogens with zero attached hydrogens (tertiary/aromatic N) is 4. The number of aryl methyl sites for hydroxylation is 1. The number of aromatic nitrogens is 1. The van der Waals surface area contributed by atoms with Crippen LogP contribution >= 0.6 is 0 Å². The van der Waals surface area contributed by atoms with Crippen molar-refractivity contribution in [1.82, 2.24) is 18.1 Å². The van der Waals surface area contributed by atoms with Crippen LogP contribution in [0.15, 0.2) is 30.3 Å². The summed E-state index contributed by atoms with van der Waals surface area (Å²) in [4.78, 5) is 15.0. The Balaban J connectivity index is 1.46. The molecule has 2 aliphatic heterocycles. The molecule has 0 N–H and O–H groups in total. The summed E-state index contributed by atoms with van der Waals surface area (Å²) in [5.41, 5.74) is 3.07. The van der Waals surface area contributed by atoms with Crippen LogP contribution in [-0.2, 0) is 10.2 Å². The molecule has 0 saturated carbocycles. The Kier molecular flexibility index (Phi) is 6.69. The van der Waals surface area contributed by atoms with E-state index in [2.05, 4.69) is 0 Å². The first-order valence-corrected chi connectivity index (χ1v) is 12.7. The van der Waals surface area contributed by atoms with Crippen molar-refractivity contribution >= 4 is 16.1 Å². The van der Waals surface area contributed by atoms with E-state index in [-0.39, 0.29) is 11.7 Å². The Morgan fingerprint density at radius 1 is 0.844 bits per heavy atom. The van der Waals surface area contributed by atoms with Gasteiger partial charge in [-0.25, -0.2) is 4.39 Å². The van der Waals surface area contributed by atoms with E-state index in [1.165, 1.54) is 16.4 Å². The number of piperazine rings is 1. The van der Waals surface area contributed by atoms with Crippen LogP contribution in [-0.4, -0.2) is 71.7 Å². The molecular formula is C23H31FN4O3S. The molecule has 0 atom stereocenters. The zero-order chi connectivity index (χ0) is 22.9. The predicted molar refractivity (Wildman–Crippen MR) is 122 cm³/mol. The number of rotatable bonds is 4. The highest BCUT2D eigenvalue weighted by atomic mass is 32.2. The number of carbonyl (C=O) groups is 1. The molecule has 0 bridgehead atoms. The first kappa shape index (κ1) is 22.9. The monoisotopic (exact) mass is 462 g/mol. The second-order valence-corrected chi connectivity index (χ2v) is 10.5. The predicted octanol–water partition coefficient (Wildman–Crippen LogP) is 3.11. The lowest BCUT2D eigenvalue weighted by atomic mass is 10.2. The summed E-state index contributed by atoms with van der Waals surface area (Å²) in [6.45, 7) is 6.30. The quantitative estimate of drug-likeness (QED) is 0.701. The first-order valence-electron chi connectivity index (χ1n) is 11.3. The van der Waals surface area contributed by atoms with Gasteiger partial charge in [0.2, 0.25) is 0 Å². The number of hydrogen-bond acceptors (Lipinski definition) is 3. The van der Waals surface area contributed by atoms with Crippen molar-refractivity contribution in [3.05, 3.63) is 53.1 Å². The molecule has 174 valence electrons. The molecule has 9 heteroatoms. The molecule has 0 unspecified atom stereocenters. The highest BCUT2D eigenvalue weighted by molar-refractivity contribution is 7.86. The van der Waals surface area contributed by atoms with E-state index >= 15 is 0 Å². The van der Waals surface area contributed by atoms with Gasteiger partial charge in [0, 0.05) is 56.3 Å². The highest BCUT2D eigenvalue weighted by Crippen LogP contribution is 2.24. The molecule has 4 rings (SSSR count). The smallest absolute Gasteiger partial charge is 0.282 e. The summed E-state index contributed by atoms with van der Waals surface area (Å²) >= 11 is 0. The third-order valence-electron chi connectivity index (χ3n) is 6.49. The summed E-state index contributed by atoms with van der Waals surface area (Å²) in [5, 5.41) is 0. The molecule has 0 aliphatic carbocycles. The number of carbonyl (C=O) groups excluding carboxylic acids is 1. The fourth-order valence-electron chi connectivity index (χ4n) is 4.69. The molecule has 1 aromatic heterocycles. The van der Waals surface area contributed by atoms with Crippen LogP contribution in [0.1, 0.15) is 47.4 Å². The molecule has 1 amide bonds. The van der Waals surface area contributed by atoms with Gasteiger partial charge in [0.15, 0.2) is 0 Å². The van der Waals surface area contributed by atoms with Gasteiger partial charge in [-0.15, -0.1) is 0 Å². The van der Waals surface area contributed by atoms with Crippen LogP contribution in [0.25, 0.3) is 5.69 Å². The summed E-state index contributed by atoms with van der Waals surface area (Å²) in [5.74, 6) is -0.404. The topological polar surface area (TPSA) is 65.9 Å². The SMILES string of the molecule is Cc1cc(C(=O)N2CCN(S(=O)(=O)N3CCCCCC3)CC2)c(C)n1-c1ccc(F)cc1. The van der Waals surface area contributed by atoms with Gasteiger partial charge >= 0.3 is 0 Å². The Bertz CT molecular complexity index is 1070. The highest BCUT2D eigenvalue weighted by Gasteiger charge is 2.34. The lowest BCUT2D eigenvalue weighted by Crippen LogP contribution is -2.54. The zero-order valence-electron chi connectivity index (χ0n) is 18.8. The third kappa shape index (κ3) is 4.46. The number of benzene rings is 1. The van der Waals surface area contributed by atoms with E-state index in [1.54, 1.807) is 21.3 Å². The number of hydrogen-bond donors (Lipinski definition) is 0. The van der Waals surface area contributed by atoms with Crippen molar-refractivity contribution in [2.75, 3.05) is 39.3 Å². The van der Waals surface area contributed by atoms with Crippen molar-refractivity contribution in [3.63, 3.8) is 0 Å². The van der Waals surface area contributed by atoms with Gasteiger partial charge in [-0.05, 0) is 57.0 Å². The minimum atomic E-state index is -3.48. The zero-order valence-corrected chi connectivity index (χ0v) is 19.6. The third-order valence-corrected chi connectivity index (χ3v) is 8.53. The van der Waals surface area contributed by atoms with Crippen molar-refractivity contribution in [2.24, 2.45) is 0 Å². The molecule has 1 aromatic carbocycles. The average Bonchev–Trinajstić information content (AvgIpc) is 2.96. The number of amides is 1. The summed E-state index contributed by atoms with van der Waals surface area (Å²) in [6.07, 6.45) is 3.96. The van der Waals surface area contributed by atoms with E-state index in [0.717, 1.165) is 42.8 Å². The van der Waals surface area contributed by atoms with Crippen LogP contribution in [0, 0.1) is 19.7 Å². The largest absolute Gasteiger partial charge is 0.336 e. The maximum Gasteiger partial charge on any atom is 0.282 e. The molecule has 7 nitrogen and oxygen atoms in total. The van der Waals surface area contributed by atoms with E-state index in [1.807, 2.05) is 24.5 Å². The summed E-state index contributed by atoms with van der Waals surface area (Å²) in [7, 11) is -3.48. The fourth-order valence-corrected chi connectivity index (χ4v) is 6.37. The van der Waals surface area contributed by atoms with Crippen molar-refractivity contribution < 1.29 is 17.6 Å². The van der Waals surface area contributed by atoms with Crippen LogP contribution < -0.4 is 0 Å². The molecule has 3 heterocycles. The van der Waals surface area contributed by atoms with Crippen molar-refractivity contribution in [2.45, 2.75) is 39.5 Å². The van der Waals surface area contributed by atoms with Gasteiger partial charge in [-0.1, -0.05) is 12.8 Å². The van der Waals surface area contributed by atoms with Crippen LogP contribution in [0.5, 0.6) is 0 Å². The maximum atomic E-state index is 13.3. The first-order chi connectivity index (χ1) is 15.3. The Morgan fingerprint density at radius 3 is 2.00 bits per heavy atom. The second kappa shape index (κ2) is 9.33. The number of halogens is 1. The van der Waals surface area contributed by atoms with Crippen molar-refractivity contribution in [3.8, 4) is 5.69 Å². The molecule has 2 saturated heterocycles. The summed E-state index contributed by atoms with van der Waals surface area (Å²) < 4.78 is 44.5. The van der Waals surface area contributed by atoms with Gasteiger partial charge < -0.3 is 9.47 Å². The van der Waals surface area contributed by atoms with Crippen LogP contribution in [0.3, 0.4) is 0 Å². The summed E-state index contributed by atoms with van der Waals surface area (Å²) in [6, 6.07) is 8.03. The lowest BCUT2D eigenvalue weighted by molar-refractivity contribution is 0.0693. The van der Waals surface area contributed by atoms with Crippen LogP contribution in [0.2, 0.25) is 0 Å². The molecular weight excluding hydrogens is 431 g/mol. The Labute approximate surface area is 189 Å². The molecule has 32 heavy (non-hydrogen) atoms. The lowest BCUT2D eigenvalue weighted by Gasteiger charge is -2.36.